The van der Waals surface area contributed by atoms with Crippen LogP contribution in [0.2, 0.25) is 0 Å². The van der Waals surface area contributed by atoms with E-state index in [1.165, 1.54) is 5.69 Å². The highest BCUT2D eigenvalue weighted by atomic mass is 16.5. The molecule has 2 rings (SSSR count). The quantitative estimate of drug-likeness (QED) is 0.353. The summed E-state index contributed by atoms with van der Waals surface area (Å²) in [6.45, 7) is 8.47. The first-order valence-electron chi connectivity index (χ1n) is 10.3. The second-order valence-electron chi connectivity index (χ2n) is 6.73. The van der Waals surface area contributed by atoms with Crippen LogP contribution in [0.5, 0.6) is 0 Å². The second kappa shape index (κ2) is 13.4. The number of hydrogen-bond donors (Lipinski definition) is 2. The fraction of sp³-hybridized carbons (Fsp3) is 0.667. The van der Waals surface area contributed by atoms with E-state index in [1.54, 1.807) is 0 Å². The standard InChI is InChI=1S/C21H36N4O2/c1-3-25(19-9-5-4-6-10-19)15-7-13-23-21(22-2)24-14-8-16-27-20-11-17-26-18-12-20/h4-6,9-10,20H,3,7-8,11-18H2,1-2H3,(H2,22,23,24). The lowest BCUT2D eigenvalue weighted by atomic mass is 10.1. The van der Waals surface area contributed by atoms with Gasteiger partial charge < -0.3 is 25.0 Å². The molecule has 0 bridgehead atoms. The first kappa shape index (κ1) is 21.5. The summed E-state index contributed by atoms with van der Waals surface area (Å²) < 4.78 is 11.2. The van der Waals surface area contributed by atoms with Crippen LogP contribution in [0.3, 0.4) is 0 Å². The maximum atomic E-state index is 5.89. The molecule has 1 aliphatic heterocycles. The Balaban J connectivity index is 1.53. The lowest BCUT2D eigenvalue weighted by Crippen LogP contribution is -2.39. The average Bonchev–Trinajstić information content (AvgIpc) is 2.73. The number of nitrogens with zero attached hydrogens (tertiary/aromatic N) is 2. The lowest BCUT2D eigenvalue weighted by Gasteiger charge is -2.23. The van der Waals surface area contributed by atoms with Crippen LogP contribution in [0.1, 0.15) is 32.6 Å². The van der Waals surface area contributed by atoms with Crippen molar-refractivity contribution in [3.05, 3.63) is 30.3 Å². The molecule has 6 heteroatoms. The van der Waals surface area contributed by atoms with E-state index in [2.05, 4.69) is 57.8 Å². The SMILES string of the molecule is CCN(CCCNC(=NC)NCCCOC1CCOCC1)c1ccccc1. The van der Waals surface area contributed by atoms with E-state index in [-0.39, 0.29) is 0 Å². The number of ether oxygens (including phenoxy) is 2. The number of guanidine groups is 1. The molecule has 0 unspecified atom stereocenters. The number of para-hydroxylation sites is 1. The van der Waals surface area contributed by atoms with Gasteiger partial charge in [-0.2, -0.15) is 0 Å². The van der Waals surface area contributed by atoms with Crippen LogP contribution >= 0.6 is 0 Å². The molecule has 0 amide bonds. The van der Waals surface area contributed by atoms with E-state index < -0.39 is 0 Å². The molecule has 0 aromatic heterocycles. The van der Waals surface area contributed by atoms with Crippen molar-refractivity contribution in [2.24, 2.45) is 4.99 Å². The summed E-state index contributed by atoms with van der Waals surface area (Å²) in [7, 11) is 1.82. The van der Waals surface area contributed by atoms with Crippen LogP contribution in [-0.4, -0.2) is 65.1 Å². The summed E-state index contributed by atoms with van der Waals surface area (Å²) in [5.74, 6) is 0.865. The van der Waals surface area contributed by atoms with Gasteiger partial charge in [-0.3, -0.25) is 4.99 Å². The third kappa shape index (κ3) is 8.63. The smallest absolute Gasteiger partial charge is 0.190 e. The Labute approximate surface area is 164 Å². The Kier molecular flexibility index (Phi) is 10.7. The van der Waals surface area contributed by atoms with E-state index >= 15 is 0 Å². The maximum Gasteiger partial charge on any atom is 0.190 e. The molecule has 27 heavy (non-hydrogen) atoms. The number of hydrogen-bond acceptors (Lipinski definition) is 4. The third-order valence-corrected chi connectivity index (χ3v) is 4.76. The molecule has 0 aliphatic carbocycles. The van der Waals surface area contributed by atoms with Crippen LogP contribution in [0, 0.1) is 0 Å². The summed E-state index contributed by atoms with van der Waals surface area (Å²) in [4.78, 5) is 6.69. The summed E-state index contributed by atoms with van der Waals surface area (Å²) in [5, 5.41) is 6.76. The summed E-state index contributed by atoms with van der Waals surface area (Å²) in [5.41, 5.74) is 1.28. The minimum Gasteiger partial charge on any atom is -0.381 e. The Morgan fingerprint density at radius 1 is 1.15 bits per heavy atom. The normalized spacial score (nSPS) is 15.6. The predicted molar refractivity (Wildman–Crippen MR) is 113 cm³/mol. The van der Waals surface area contributed by atoms with Gasteiger partial charge in [0.25, 0.3) is 0 Å². The molecule has 0 radical (unpaired) electrons. The van der Waals surface area contributed by atoms with Crippen LogP contribution in [0.4, 0.5) is 5.69 Å². The summed E-state index contributed by atoms with van der Waals surface area (Å²) in [6.07, 6.45) is 4.47. The molecule has 1 heterocycles. The van der Waals surface area contributed by atoms with Gasteiger partial charge >= 0.3 is 0 Å². The zero-order chi connectivity index (χ0) is 19.2. The number of aliphatic imine (C=N–C) groups is 1. The zero-order valence-corrected chi connectivity index (χ0v) is 17.0. The molecule has 0 saturated carbocycles. The molecular formula is C21H36N4O2. The van der Waals surface area contributed by atoms with Gasteiger partial charge in [0.05, 0.1) is 6.10 Å². The largest absolute Gasteiger partial charge is 0.381 e. The fourth-order valence-electron chi connectivity index (χ4n) is 3.18. The Bertz CT molecular complexity index is 518. The van der Waals surface area contributed by atoms with Crippen LogP contribution in [0.25, 0.3) is 0 Å². The maximum absolute atomic E-state index is 5.89. The van der Waals surface area contributed by atoms with Crippen LogP contribution in [-0.2, 0) is 9.47 Å². The molecule has 1 saturated heterocycles. The molecule has 1 aromatic rings. The van der Waals surface area contributed by atoms with Gasteiger partial charge in [-0.15, -0.1) is 0 Å². The van der Waals surface area contributed by atoms with Gasteiger partial charge in [-0.05, 0) is 44.7 Å². The minimum absolute atomic E-state index is 0.377. The highest BCUT2D eigenvalue weighted by Crippen LogP contribution is 2.12. The van der Waals surface area contributed by atoms with Gasteiger partial charge in [0.1, 0.15) is 0 Å². The average molecular weight is 377 g/mol. The number of benzene rings is 1. The van der Waals surface area contributed by atoms with E-state index in [0.717, 1.165) is 77.6 Å². The molecule has 2 N–H and O–H groups in total. The highest BCUT2D eigenvalue weighted by molar-refractivity contribution is 5.79. The number of rotatable bonds is 11. The molecule has 6 nitrogen and oxygen atoms in total. The van der Waals surface area contributed by atoms with E-state index in [4.69, 9.17) is 9.47 Å². The highest BCUT2D eigenvalue weighted by Gasteiger charge is 2.13. The Hall–Kier alpha value is -1.79. The van der Waals surface area contributed by atoms with Gasteiger partial charge in [0.2, 0.25) is 0 Å². The van der Waals surface area contributed by atoms with Gasteiger partial charge in [-0.25, -0.2) is 0 Å². The lowest BCUT2D eigenvalue weighted by molar-refractivity contribution is -0.0320. The van der Waals surface area contributed by atoms with Crippen LogP contribution in [0.15, 0.2) is 35.3 Å². The van der Waals surface area contributed by atoms with Crippen molar-refractivity contribution in [2.75, 3.05) is 57.9 Å². The van der Waals surface area contributed by atoms with Crippen molar-refractivity contribution < 1.29 is 9.47 Å². The topological polar surface area (TPSA) is 58.1 Å². The minimum atomic E-state index is 0.377. The van der Waals surface area contributed by atoms with Gasteiger partial charge in [0, 0.05) is 58.7 Å². The van der Waals surface area contributed by atoms with E-state index in [9.17, 15) is 0 Å². The van der Waals surface area contributed by atoms with Gasteiger partial charge in [0.15, 0.2) is 5.96 Å². The second-order valence-corrected chi connectivity index (χ2v) is 6.73. The molecule has 1 aliphatic rings. The summed E-state index contributed by atoms with van der Waals surface area (Å²) >= 11 is 0. The van der Waals surface area contributed by atoms with Crippen molar-refractivity contribution in [2.45, 2.75) is 38.7 Å². The van der Waals surface area contributed by atoms with Crippen molar-refractivity contribution in [3.63, 3.8) is 0 Å². The third-order valence-electron chi connectivity index (χ3n) is 4.76. The van der Waals surface area contributed by atoms with E-state index in [1.807, 2.05) is 7.05 Å². The van der Waals surface area contributed by atoms with Crippen molar-refractivity contribution in [1.29, 1.82) is 0 Å². The predicted octanol–water partition coefficient (Wildman–Crippen LogP) is 2.65. The number of anilines is 1. The molecule has 152 valence electrons. The van der Waals surface area contributed by atoms with Crippen molar-refractivity contribution in [1.82, 2.24) is 10.6 Å². The molecular weight excluding hydrogens is 340 g/mol. The Morgan fingerprint density at radius 3 is 2.52 bits per heavy atom. The summed E-state index contributed by atoms with van der Waals surface area (Å²) in [6, 6.07) is 10.6. The fourth-order valence-corrected chi connectivity index (χ4v) is 3.18. The van der Waals surface area contributed by atoms with Gasteiger partial charge in [-0.1, -0.05) is 18.2 Å². The first-order valence-corrected chi connectivity index (χ1v) is 10.3. The zero-order valence-electron chi connectivity index (χ0n) is 17.0. The number of nitrogens with one attached hydrogen (secondary N) is 2. The molecule has 0 spiro atoms. The van der Waals surface area contributed by atoms with Crippen molar-refractivity contribution >= 4 is 11.6 Å². The molecule has 1 fully saturated rings. The van der Waals surface area contributed by atoms with E-state index in [0.29, 0.717) is 6.10 Å². The molecule has 0 atom stereocenters. The first-order chi connectivity index (χ1) is 13.3. The monoisotopic (exact) mass is 376 g/mol. The molecule has 1 aromatic carbocycles. The Morgan fingerprint density at radius 2 is 1.85 bits per heavy atom. The van der Waals surface area contributed by atoms with Crippen molar-refractivity contribution in [3.8, 4) is 0 Å². The van der Waals surface area contributed by atoms with Crippen LogP contribution < -0.4 is 15.5 Å².